The molecular weight excluding hydrogens is 599 g/mol. The topological polar surface area (TPSA) is 69.6 Å². The summed E-state index contributed by atoms with van der Waals surface area (Å²) in [6.45, 7) is 0. The normalized spacial score (nSPS) is 13.9. The maximum atomic E-state index is 9.34. The minimum atomic E-state index is -0.498. The molecule has 47 heavy (non-hydrogen) atoms. The van der Waals surface area contributed by atoms with Crippen LogP contribution in [0.3, 0.4) is 0 Å². The summed E-state index contributed by atoms with van der Waals surface area (Å²) < 4.78 is 69.8. The molecule has 0 aliphatic heterocycles. The second kappa shape index (κ2) is 10.2. The zero-order valence-electron chi connectivity index (χ0n) is 31.3. The number of furan rings is 1. The first kappa shape index (κ1) is 20.0. The molecule has 0 aliphatic rings. The van der Waals surface area contributed by atoms with Gasteiger partial charge in [0.2, 0.25) is 5.95 Å². The van der Waals surface area contributed by atoms with E-state index in [1.807, 2.05) is 102 Å². The average Bonchev–Trinajstić information content (AvgIpc) is 3.91. The summed E-state index contributed by atoms with van der Waals surface area (Å²) in [6, 6.07) is 28.5. The van der Waals surface area contributed by atoms with Gasteiger partial charge in [0.05, 0.1) is 30.8 Å². The fraction of sp³-hybridized carbons (Fsp3) is 0. The summed E-state index contributed by atoms with van der Waals surface area (Å²) in [5, 5.41) is 2.74. The van der Waals surface area contributed by atoms with Crippen LogP contribution in [0, 0.1) is 0 Å². The Morgan fingerprint density at radius 1 is 0.574 bits per heavy atom. The van der Waals surface area contributed by atoms with Crippen molar-refractivity contribution in [1.82, 2.24) is 24.5 Å². The highest BCUT2D eigenvalue weighted by atomic mass is 32.1. The van der Waals surface area contributed by atoms with Crippen molar-refractivity contribution in [3.8, 4) is 39.3 Å². The van der Waals surface area contributed by atoms with Crippen LogP contribution in [0.2, 0.25) is 0 Å². The number of benzene rings is 6. The lowest BCUT2D eigenvalue weighted by molar-refractivity contribution is 0.669. The Morgan fingerprint density at radius 2 is 1.28 bits per heavy atom. The van der Waals surface area contributed by atoms with E-state index < -0.39 is 30.2 Å². The fourth-order valence-corrected chi connectivity index (χ4v) is 7.03. The lowest BCUT2D eigenvalue weighted by atomic mass is 10.1. The van der Waals surface area contributed by atoms with Crippen molar-refractivity contribution in [3.63, 3.8) is 0 Å². The van der Waals surface area contributed by atoms with Crippen molar-refractivity contribution in [3.05, 3.63) is 139 Å². The third-order valence-electron chi connectivity index (χ3n) is 8.18. The molecule has 0 amide bonds. The number of aromatic nitrogens is 5. The summed E-state index contributed by atoms with van der Waals surface area (Å²) in [7, 11) is 0. The van der Waals surface area contributed by atoms with Gasteiger partial charge in [-0.1, -0.05) is 90.9 Å². The number of rotatable bonds is 4. The molecule has 0 saturated heterocycles. The molecule has 10 aromatic rings. The average molecular weight is 629 g/mol. The molecule has 0 spiro atoms. The maximum Gasteiger partial charge on any atom is 0.238 e. The van der Waals surface area contributed by atoms with Gasteiger partial charge in [0, 0.05) is 38.2 Å². The number of hydrogen-bond acceptors (Lipinski definition) is 6. The highest BCUT2D eigenvalue weighted by Crippen LogP contribution is 2.36. The molecule has 0 atom stereocenters. The summed E-state index contributed by atoms with van der Waals surface area (Å²) in [6.07, 6.45) is 0. The van der Waals surface area contributed by atoms with E-state index in [0.29, 0.717) is 5.56 Å². The van der Waals surface area contributed by atoms with Crippen molar-refractivity contribution in [2.75, 3.05) is 0 Å². The minimum Gasteiger partial charge on any atom is -0.456 e. The Morgan fingerprint density at radius 3 is 2.09 bits per heavy atom. The Kier molecular flexibility index (Phi) is 4.34. The number of para-hydroxylation sites is 3. The van der Waals surface area contributed by atoms with Gasteiger partial charge in [0.15, 0.2) is 11.6 Å². The molecule has 6 aromatic carbocycles. The van der Waals surface area contributed by atoms with E-state index in [-0.39, 0.29) is 57.2 Å². The summed E-state index contributed by atoms with van der Waals surface area (Å²) in [5.41, 5.74) is 3.68. The van der Waals surface area contributed by atoms with Crippen LogP contribution in [-0.4, -0.2) is 24.5 Å². The zero-order chi connectivity index (χ0) is 37.0. The van der Waals surface area contributed by atoms with Gasteiger partial charge in [-0.25, -0.2) is 9.97 Å². The monoisotopic (exact) mass is 628 g/mol. The van der Waals surface area contributed by atoms with Crippen LogP contribution in [-0.2, 0) is 0 Å². The Bertz CT molecular complexity index is 3160. The molecule has 0 N–H and O–H groups in total. The van der Waals surface area contributed by atoms with Crippen LogP contribution in [0.1, 0.15) is 9.60 Å². The van der Waals surface area contributed by atoms with E-state index in [1.165, 1.54) is 11.3 Å². The summed E-state index contributed by atoms with van der Waals surface area (Å²) in [4.78, 5) is 19.6. The predicted octanol–water partition coefficient (Wildman–Crippen LogP) is 10.5. The van der Waals surface area contributed by atoms with E-state index >= 15 is 0 Å². The van der Waals surface area contributed by atoms with Gasteiger partial charge in [0.1, 0.15) is 16.2 Å². The largest absolute Gasteiger partial charge is 0.456 e. The van der Waals surface area contributed by atoms with Crippen molar-refractivity contribution in [2.24, 2.45) is 0 Å². The van der Waals surface area contributed by atoms with E-state index in [1.54, 1.807) is 0 Å². The van der Waals surface area contributed by atoms with Gasteiger partial charge in [-0.2, -0.15) is 9.97 Å². The van der Waals surface area contributed by atoms with E-state index in [9.17, 15) is 2.74 Å². The molecule has 0 unspecified atom stereocenters. The fourth-order valence-electron chi connectivity index (χ4n) is 6.02. The van der Waals surface area contributed by atoms with Crippen LogP contribution in [0.4, 0.5) is 0 Å². The highest BCUT2D eigenvalue weighted by molar-refractivity contribution is 7.21. The van der Waals surface area contributed by atoms with Crippen molar-refractivity contribution < 1.29 is 14.0 Å². The number of thiazole rings is 1. The molecule has 4 heterocycles. The molecule has 7 heteroatoms. The van der Waals surface area contributed by atoms with Crippen LogP contribution in [0.25, 0.3) is 93.3 Å². The SMILES string of the molecule is [2H]c1c([2H])c([2H])c2c(oc3c([2H])c(-c4nc(-c5ccc6nc(-c7ccccc7)sc6c5)nc(-n5c6ccccc6c6ccccc65)n4)c([2H])c([2H])c32)c1[2H]. The van der Waals surface area contributed by atoms with Gasteiger partial charge >= 0.3 is 0 Å². The molecule has 0 fully saturated rings. The van der Waals surface area contributed by atoms with Gasteiger partial charge in [0.25, 0.3) is 0 Å². The Labute approximate surface area is 282 Å². The molecule has 6 nitrogen and oxygen atoms in total. The van der Waals surface area contributed by atoms with Gasteiger partial charge in [-0.3, -0.25) is 4.57 Å². The number of fused-ring (bicyclic) bond motifs is 7. The van der Waals surface area contributed by atoms with Crippen LogP contribution >= 0.6 is 11.3 Å². The smallest absolute Gasteiger partial charge is 0.238 e. The third-order valence-corrected chi connectivity index (χ3v) is 9.25. The second-order valence-electron chi connectivity index (χ2n) is 11.0. The van der Waals surface area contributed by atoms with Gasteiger partial charge < -0.3 is 4.42 Å². The summed E-state index contributed by atoms with van der Waals surface area (Å²) >= 11 is 1.54. The molecule has 0 saturated carbocycles. The number of hydrogen-bond donors (Lipinski definition) is 0. The molecule has 0 radical (unpaired) electrons. The first-order valence-corrected chi connectivity index (χ1v) is 15.6. The van der Waals surface area contributed by atoms with Crippen molar-refractivity contribution >= 4 is 65.3 Å². The maximum absolute atomic E-state index is 9.34. The summed E-state index contributed by atoms with van der Waals surface area (Å²) in [5.74, 6) is 0.455. The van der Waals surface area contributed by atoms with Gasteiger partial charge in [-0.05, 0) is 48.5 Å². The number of nitrogens with zero attached hydrogens (tertiary/aromatic N) is 5. The predicted molar refractivity (Wildman–Crippen MR) is 191 cm³/mol. The quantitative estimate of drug-likeness (QED) is 0.194. The van der Waals surface area contributed by atoms with Crippen LogP contribution < -0.4 is 0 Å². The van der Waals surface area contributed by atoms with Crippen molar-refractivity contribution in [1.29, 1.82) is 0 Å². The van der Waals surface area contributed by atoms with Gasteiger partial charge in [-0.15, -0.1) is 11.3 Å². The third kappa shape index (κ3) is 4.17. The second-order valence-corrected chi connectivity index (χ2v) is 12.0. The van der Waals surface area contributed by atoms with Crippen molar-refractivity contribution in [2.45, 2.75) is 0 Å². The molecule has 0 bridgehead atoms. The van der Waals surface area contributed by atoms with Crippen LogP contribution in [0.5, 0.6) is 0 Å². The Hall–Kier alpha value is -6.18. The first-order chi connectivity index (χ1) is 26.2. The minimum absolute atomic E-state index is 0.0440. The molecule has 220 valence electrons. The molecule has 0 aliphatic carbocycles. The first-order valence-electron chi connectivity index (χ1n) is 18.3. The standard InChI is InChI=1S/C40H23N5OS/c1-2-10-24(11-3-1)39-41-31-21-19-26(23-36(31)47-39)38-42-37(25-18-20-30-29-14-6-9-17-34(29)46-35(30)22-25)43-40(44-38)45-32-15-7-4-12-27(32)28-13-5-8-16-33(28)45/h1-23H/i6D,9D,14D,17D,18D,20D,22D. The molecule has 4 aromatic heterocycles. The van der Waals surface area contributed by atoms with E-state index in [2.05, 4.69) is 0 Å². The highest BCUT2D eigenvalue weighted by Gasteiger charge is 2.19. The Balaban J connectivity index is 1.26. The van der Waals surface area contributed by atoms with E-state index in [0.717, 1.165) is 42.6 Å². The molecular formula is C40H23N5OS. The van der Waals surface area contributed by atoms with E-state index in [4.69, 9.17) is 31.2 Å². The molecule has 10 rings (SSSR count). The zero-order valence-corrected chi connectivity index (χ0v) is 25.1. The van der Waals surface area contributed by atoms with Crippen LogP contribution in [0.15, 0.2) is 144 Å². The lowest BCUT2D eigenvalue weighted by Gasteiger charge is -2.11. The lowest BCUT2D eigenvalue weighted by Crippen LogP contribution is -2.06.